The van der Waals surface area contributed by atoms with E-state index in [1.54, 1.807) is 6.07 Å². The molecule has 0 saturated carbocycles. The van der Waals surface area contributed by atoms with Crippen LogP contribution in [0.25, 0.3) is 0 Å². The van der Waals surface area contributed by atoms with Crippen LogP contribution < -0.4 is 10.1 Å². The Labute approximate surface area is 155 Å². The molecule has 0 radical (unpaired) electrons. The predicted molar refractivity (Wildman–Crippen MR) is 93.1 cm³/mol. The highest BCUT2D eigenvalue weighted by atomic mass is 19.2. The zero-order valence-electron chi connectivity index (χ0n) is 15.0. The van der Waals surface area contributed by atoms with Crippen molar-refractivity contribution in [1.82, 2.24) is 9.97 Å². The number of hydrogen-bond acceptors (Lipinski definition) is 6. The maximum absolute atomic E-state index is 12.5. The van der Waals surface area contributed by atoms with Gasteiger partial charge in [0.2, 0.25) is 5.82 Å². The average molecular weight is 381 g/mol. The van der Waals surface area contributed by atoms with E-state index in [1.807, 2.05) is 6.92 Å². The van der Waals surface area contributed by atoms with Crippen LogP contribution in [0.15, 0.2) is 30.5 Å². The SMILES string of the molecule is CC1CCC(C(=O)Nc2ccnc(CO)n2)O1.COc1cccc(F)c1F. The van der Waals surface area contributed by atoms with Gasteiger partial charge in [0.15, 0.2) is 17.4 Å². The summed E-state index contributed by atoms with van der Waals surface area (Å²) in [7, 11) is 1.29. The van der Waals surface area contributed by atoms with Gasteiger partial charge >= 0.3 is 0 Å². The summed E-state index contributed by atoms with van der Waals surface area (Å²) >= 11 is 0. The van der Waals surface area contributed by atoms with Crippen LogP contribution in [0, 0.1) is 11.6 Å². The molecule has 1 aliphatic heterocycles. The third-order valence-electron chi connectivity index (χ3n) is 3.76. The van der Waals surface area contributed by atoms with Gasteiger partial charge in [-0.05, 0) is 38.0 Å². The van der Waals surface area contributed by atoms with E-state index in [0.29, 0.717) is 5.82 Å². The van der Waals surface area contributed by atoms with E-state index in [9.17, 15) is 13.6 Å². The third kappa shape index (κ3) is 5.93. The van der Waals surface area contributed by atoms with E-state index < -0.39 is 17.7 Å². The van der Waals surface area contributed by atoms with Gasteiger partial charge in [-0.2, -0.15) is 4.39 Å². The monoisotopic (exact) mass is 381 g/mol. The minimum absolute atomic E-state index is 0.0694. The Morgan fingerprint density at radius 1 is 1.37 bits per heavy atom. The molecule has 27 heavy (non-hydrogen) atoms. The Hall–Kier alpha value is -2.65. The molecule has 1 aliphatic rings. The molecule has 0 aliphatic carbocycles. The van der Waals surface area contributed by atoms with Crippen molar-refractivity contribution in [3.05, 3.63) is 47.9 Å². The molecule has 1 aromatic carbocycles. The minimum Gasteiger partial charge on any atom is -0.494 e. The second-order valence-corrected chi connectivity index (χ2v) is 5.77. The van der Waals surface area contributed by atoms with Gasteiger partial charge in [0, 0.05) is 6.20 Å². The Morgan fingerprint density at radius 3 is 2.74 bits per heavy atom. The Bertz CT molecular complexity index is 776. The van der Waals surface area contributed by atoms with Crippen LogP contribution in [0.5, 0.6) is 5.75 Å². The van der Waals surface area contributed by atoms with E-state index in [0.717, 1.165) is 18.9 Å². The van der Waals surface area contributed by atoms with Crippen molar-refractivity contribution in [3.8, 4) is 5.75 Å². The number of aromatic nitrogens is 2. The molecule has 1 saturated heterocycles. The zero-order chi connectivity index (χ0) is 19.8. The largest absolute Gasteiger partial charge is 0.494 e. The van der Waals surface area contributed by atoms with Crippen molar-refractivity contribution in [2.75, 3.05) is 12.4 Å². The number of aliphatic hydroxyl groups excluding tert-OH is 1. The standard InChI is InChI=1S/C11H15N3O3.C7H6F2O/c1-7-2-3-8(17-7)11(16)14-9-4-5-12-10(6-15)13-9;1-10-6-4-2-3-5(8)7(6)9/h4-5,7-8,15H,2-3,6H2,1H3,(H,12,13,14,16);2-4H,1H3. The van der Waals surface area contributed by atoms with E-state index in [-0.39, 0.29) is 30.2 Å². The number of amides is 1. The number of methoxy groups -OCH3 is 1. The van der Waals surface area contributed by atoms with Gasteiger partial charge in [0.05, 0.1) is 13.2 Å². The summed E-state index contributed by atoms with van der Waals surface area (Å²) in [4.78, 5) is 19.6. The highest BCUT2D eigenvalue weighted by Gasteiger charge is 2.28. The molecule has 7 nitrogen and oxygen atoms in total. The van der Waals surface area contributed by atoms with Crippen LogP contribution in [0.2, 0.25) is 0 Å². The van der Waals surface area contributed by atoms with Crippen molar-refractivity contribution in [1.29, 1.82) is 0 Å². The third-order valence-corrected chi connectivity index (χ3v) is 3.76. The number of nitrogens with one attached hydrogen (secondary N) is 1. The predicted octanol–water partition coefficient (Wildman–Crippen LogP) is 2.45. The average Bonchev–Trinajstić information content (AvgIpc) is 3.11. The number of nitrogens with zero attached hydrogens (tertiary/aromatic N) is 2. The van der Waals surface area contributed by atoms with E-state index in [2.05, 4.69) is 20.0 Å². The molecule has 0 bridgehead atoms. The summed E-state index contributed by atoms with van der Waals surface area (Å²) in [6.45, 7) is 1.70. The van der Waals surface area contributed by atoms with Crippen LogP contribution in [0.3, 0.4) is 0 Å². The maximum Gasteiger partial charge on any atom is 0.254 e. The molecule has 1 amide bonds. The molecular weight excluding hydrogens is 360 g/mol. The van der Waals surface area contributed by atoms with Gasteiger partial charge in [0.1, 0.15) is 18.5 Å². The van der Waals surface area contributed by atoms with Gasteiger partial charge < -0.3 is 19.9 Å². The Balaban J connectivity index is 0.000000223. The first-order valence-corrected chi connectivity index (χ1v) is 8.31. The van der Waals surface area contributed by atoms with Gasteiger partial charge in [-0.1, -0.05) is 6.07 Å². The fourth-order valence-corrected chi connectivity index (χ4v) is 2.39. The lowest BCUT2D eigenvalue weighted by Gasteiger charge is -2.11. The Kier molecular flexibility index (Phi) is 7.56. The number of aliphatic hydroxyl groups is 1. The number of carbonyl (C=O) groups excluding carboxylic acids is 1. The summed E-state index contributed by atoms with van der Waals surface area (Å²) in [6, 6.07) is 5.36. The lowest BCUT2D eigenvalue weighted by atomic mass is 10.2. The number of carbonyl (C=O) groups is 1. The number of hydrogen-bond donors (Lipinski definition) is 2. The second-order valence-electron chi connectivity index (χ2n) is 5.77. The molecule has 2 atom stereocenters. The topological polar surface area (TPSA) is 93.6 Å². The van der Waals surface area contributed by atoms with E-state index in [1.165, 1.54) is 25.4 Å². The first-order chi connectivity index (χ1) is 12.9. The minimum atomic E-state index is -0.940. The van der Waals surface area contributed by atoms with Gasteiger partial charge in [0.25, 0.3) is 5.91 Å². The molecule has 1 fully saturated rings. The quantitative estimate of drug-likeness (QED) is 0.845. The smallest absolute Gasteiger partial charge is 0.254 e. The second kappa shape index (κ2) is 9.89. The number of rotatable bonds is 4. The van der Waals surface area contributed by atoms with Crippen molar-refractivity contribution in [3.63, 3.8) is 0 Å². The number of benzene rings is 1. The number of ether oxygens (including phenoxy) is 2. The zero-order valence-corrected chi connectivity index (χ0v) is 15.0. The molecule has 2 aromatic rings. The summed E-state index contributed by atoms with van der Waals surface area (Å²) < 4.78 is 34.8. The lowest BCUT2D eigenvalue weighted by Crippen LogP contribution is -2.28. The van der Waals surface area contributed by atoms with E-state index in [4.69, 9.17) is 9.84 Å². The molecule has 2 unspecified atom stereocenters. The van der Waals surface area contributed by atoms with Crippen LogP contribution in [-0.2, 0) is 16.1 Å². The highest BCUT2D eigenvalue weighted by molar-refractivity contribution is 5.93. The van der Waals surface area contributed by atoms with Crippen molar-refractivity contribution >= 4 is 11.7 Å². The normalized spacial score (nSPS) is 18.4. The summed E-state index contributed by atoms with van der Waals surface area (Å²) in [5, 5.41) is 11.5. The Morgan fingerprint density at radius 2 is 2.15 bits per heavy atom. The van der Waals surface area contributed by atoms with E-state index >= 15 is 0 Å². The number of anilines is 1. The first kappa shape index (κ1) is 20.7. The van der Waals surface area contributed by atoms with Gasteiger partial charge in [-0.25, -0.2) is 14.4 Å². The fraction of sp³-hybridized carbons (Fsp3) is 0.389. The lowest BCUT2D eigenvalue weighted by molar-refractivity contribution is -0.126. The summed E-state index contributed by atoms with van der Waals surface area (Å²) in [5.41, 5.74) is 0. The van der Waals surface area contributed by atoms with Crippen molar-refractivity contribution in [2.45, 2.75) is 38.6 Å². The summed E-state index contributed by atoms with van der Waals surface area (Å²) in [5.74, 6) is -1.43. The highest BCUT2D eigenvalue weighted by Crippen LogP contribution is 2.20. The van der Waals surface area contributed by atoms with Crippen molar-refractivity contribution in [2.24, 2.45) is 0 Å². The molecule has 146 valence electrons. The first-order valence-electron chi connectivity index (χ1n) is 8.31. The number of halogens is 2. The van der Waals surface area contributed by atoms with Crippen LogP contribution in [-0.4, -0.2) is 40.3 Å². The van der Waals surface area contributed by atoms with Crippen LogP contribution in [0.1, 0.15) is 25.6 Å². The molecule has 3 rings (SSSR count). The molecule has 0 spiro atoms. The molecule has 1 aromatic heterocycles. The van der Waals surface area contributed by atoms with Crippen LogP contribution >= 0.6 is 0 Å². The molecule has 9 heteroatoms. The summed E-state index contributed by atoms with van der Waals surface area (Å²) in [6.07, 6.45) is 2.84. The van der Waals surface area contributed by atoms with Crippen molar-refractivity contribution < 1.29 is 28.2 Å². The van der Waals surface area contributed by atoms with Crippen LogP contribution in [0.4, 0.5) is 14.6 Å². The fourth-order valence-electron chi connectivity index (χ4n) is 2.39. The molecular formula is C18H21F2N3O4. The molecule has 2 heterocycles. The molecule has 2 N–H and O–H groups in total. The maximum atomic E-state index is 12.5. The van der Waals surface area contributed by atoms with Gasteiger partial charge in [-0.3, -0.25) is 4.79 Å². The van der Waals surface area contributed by atoms with Gasteiger partial charge in [-0.15, -0.1) is 0 Å².